The van der Waals surface area contributed by atoms with Crippen LogP contribution in [0.15, 0.2) is 103 Å². The van der Waals surface area contributed by atoms with E-state index in [1.54, 1.807) is 66.2 Å². The maximum atomic E-state index is 14.1. The number of aliphatic hydroxyl groups excluding tert-OH is 1. The first-order valence-corrected chi connectivity index (χ1v) is 31.1. The summed E-state index contributed by atoms with van der Waals surface area (Å²) in [6, 6.07) is 21.5. The lowest BCUT2D eigenvalue weighted by Crippen LogP contribution is -2.57. The predicted molar refractivity (Wildman–Crippen MR) is 337 cm³/mol. The van der Waals surface area contributed by atoms with Crippen LogP contribution in [0.4, 0.5) is 30.4 Å². The summed E-state index contributed by atoms with van der Waals surface area (Å²) in [6.07, 6.45) is 2.03. The number of nitrogens with zero attached hydrogens (tertiary/aromatic N) is 7. The molecule has 7 amide bonds. The molecule has 2 saturated heterocycles. The third-order valence-corrected chi connectivity index (χ3v) is 17.2. The second-order valence-electron chi connectivity index (χ2n) is 24.1. The Labute approximate surface area is 523 Å². The van der Waals surface area contributed by atoms with Gasteiger partial charge < -0.3 is 41.5 Å². The summed E-state index contributed by atoms with van der Waals surface area (Å²) in [4.78, 5) is 104. The number of alkyl halides is 3. The molecule has 9 rings (SSSR count). The minimum Gasteiger partial charge on any atom is -0.391 e. The van der Waals surface area contributed by atoms with E-state index in [4.69, 9.17) is 0 Å². The SMILES string of the molecule is Cc1ccc(NC(=O)Cn2cc(-c3ccc4c(NC(=O)c5ccc(NC(=O)CCCCC(=O)N6CCN(CCCCCC(=O)N[C@H](C(=O)N7C[C@H](O)C[C@H]7C(=O)NCc7ccc(-c8scnc8C)cc7)C(C)(C)C)CC6)cc5)n[nH]c4c3)cn2)cc1C(F)(F)F. The lowest BCUT2D eigenvalue weighted by molar-refractivity contribution is -0.144. The number of rotatable bonds is 24. The number of aromatic nitrogens is 5. The van der Waals surface area contributed by atoms with Crippen LogP contribution in [0.3, 0.4) is 0 Å². The number of aliphatic hydroxyl groups is 1. The maximum Gasteiger partial charge on any atom is 0.416 e. The standard InChI is InChI=1S/C65H76F3N13O8S/c1-40-14-22-48(32-51(40)65(66,67)68)73-56(85)38-80-36-46(35-71-80)45-21-25-50-52(31-45)76-77-60(50)75-61(87)44-19-23-47(24-20-44)72-54(83)12-8-9-13-57(86)79-29-27-78(28-30-79)26-10-6-7-11-55(84)74-59(64(3,4)5)63(89)81-37-49(82)33-53(81)62(88)69-34-42-15-17-43(18-16-42)58-41(2)70-39-90-58/h14-25,31-32,35-36,39,49,53,59,82H,6-13,26-30,33-34,37-38H2,1-5H3,(H,69,88)(H,72,83)(H,73,85)(H,74,84)(H2,75,76,77,87)/t49-,53+,59-/m1/s1. The second kappa shape index (κ2) is 29.2. The first kappa shape index (κ1) is 65.6. The van der Waals surface area contributed by atoms with Crippen LogP contribution in [0, 0.1) is 19.3 Å². The molecule has 3 aromatic heterocycles. The van der Waals surface area contributed by atoms with Gasteiger partial charge in [0, 0.05) is 99.0 Å². The quantitative estimate of drug-likeness (QED) is 0.0279. The highest BCUT2D eigenvalue weighted by atomic mass is 32.1. The average molecular weight is 1260 g/mol. The molecule has 0 aliphatic carbocycles. The molecule has 2 aliphatic rings. The van der Waals surface area contributed by atoms with Crippen LogP contribution in [-0.2, 0) is 48.0 Å². The van der Waals surface area contributed by atoms with Crippen molar-refractivity contribution in [3.8, 4) is 21.6 Å². The zero-order valence-corrected chi connectivity index (χ0v) is 51.9. The third kappa shape index (κ3) is 17.3. The van der Waals surface area contributed by atoms with E-state index in [1.807, 2.05) is 62.4 Å². The number of amides is 7. The summed E-state index contributed by atoms with van der Waals surface area (Å²) >= 11 is 1.57. The minimum atomic E-state index is -4.55. The molecule has 0 radical (unpaired) electrons. The van der Waals surface area contributed by atoms with Crippen LogP contribution in [0.2, 0.25) is 0 Å². The summed E-state index contributed by atoms with van der Waals surface area (Å²) in [5.74, 6) is -1.85. The van der Waals surface area contributed by atoms with Gasteiger partial charge in [0.1, 0.15) is 18.6 Å². The number of benzene rings is 4. The van der Waals surface area contributed by atoms with E-state index in [2.05, 4.69) is 51.8 Å². The fourth-order valence-corrected chi connectivity index (χ4v) is 11.9. The Morgan fingerprint density at radius 2 is 1.44 bits per heavy atom. The summed E-state index contributed by atoms with van der Waals surface area (Å²) in [7, 11) is 0. The van der Waals surface area contributed by atoms with Gasteiger partial charge in [-0.15, -0.1) is 11.3 Å². The number of halogens is 3. The van der Waals surface area contributed by atoms with Crippen LogP contribution in [0.5, 0.6) is 0 Å². The number of carbonyl (C=O) groups is 7. The fraction of sp³-hybridized carbons (Fsp3) is 0.415. The lowest BCUT2D eigenvalue weighted by Gasteiger charge is -2.35. The van der Waals surface area contributed by atoms with E-state index in [0.29, 0.717) is 72.3 Å². The highest BCUT2D eigenvalue weighted by Crippen LogP contribution is 2.34. The number of aryl methyl sites for hydroxylation is 2. The van der Waals surface area contributed by atoms with Crippen LogP contribution < -0.4 is 26.6 Å². The number of likely N-dealkylation sites (tertiary alicyclic amines) is 1. The van der Waals surface area contributed by atoms with Gasteiger partial charge in [0.05, 0.1) is 39.5 Å². The van der Waals surface area contributed by atoms with Gasteiger partial charge >= 0.3 is 6.18 Å². The van der Waals surface area contributed by atoms with E-state index in [0.717, 1.165) is 65.8 Å². The van der Waals surface area contributed by atoms with Gasteiger partial charge in [0.15, 0.2) is 5.82 Å². The molecule has 21 nitrogen and oxygen atoms in total. The van der Waals surface area contributed by atoms with E-state index < -0.39 is 53.1 Å². The number of hydrogen-bond acceptors (Lipinski definition) is 13. The smallest absolute Gasteiger partial charge is 0.391 e. The Kier molecular flexibility index (Phi) is 21.3. The van der Waals surface area contributed by atoms with Crippen molar-refractivity contribution in [2.45, 2.75) is 130 Å². The van der Waals surface area contributed by atoms with E-state index in [9.17, 15) is 51.8 Å². The van der Waals surface area contributed by atoms with Crippen molar-refractivity contribution in [2.24, 2.45) is 5.41 Å². The van der Waals surface area contributed by atoms with Gasteiger partial charge in [-0.1, -0.05) is 63.6 Å². The fourth-order valence-electron chi connectivity index (χ4n) is 11.1. The minimum absolute atomic E-state index is 0.00308. The Bertz CT molecular complexity index is 3700. The molecule has 7 aromatic rings. The first-order chi connectivity index (χ1) is 42.9. The number of nitrogens with one attached hydrogen (secondary N) is 6. The normalized spacial score (nSPS) is 15.8. The number of hydrogen-bond donors (Lipinski definition) is 7. The van der Waals surface area contributed by atoms with E-state index >= 15 is 0 Å². The van der Waals surface area contributed by atoms with Crippen molar-refractivity contribution < 1.29 is 51.8 Å². The number of thiazole rings is 1. The number of piperazine rings is 1. The number of aromatic amines is 1. The van der Waals surface area contributed by atoms with Gasteiger partial charge in [-0.2, -0.15) is 23.4 Å². The van der Waals surface area contributed by atoms with Crippen molar-refractivity contribution in [3.63, 3.8) is 0 Å². The Morgan fingerprint density at radius 3 is 2.16 bits per heavy atom. The van der Waals surface area contributed by atoms with E-state index in [1.165, 1.54) is 28.6 Å². The molecule has 5 heterocycles. The van der Waals surface area contributed by atoms with Crippen molar-refractivity contribution in [2.75, 3.05) is 55.2 Å². The average Bonchev–Trinajstić information content (AvgIpc) is 1.64. The van der Waals surface area contributed by atoms with Gasteiger partial charge in [-0.25, -0.2) is 4.98 Å². The molecule has 0 bridgehead atoms. The molecule has 0 saturated carbocycles. The van der Waals surface area contributed by atoms with Crippen LogP contribution in [-0.4, -0.2) is 144 Å². The molecular formula is C65H76F3N13O8S. The second-order valence-corrected chi connectivity index (χ2v) is 25.0. The van der Waals surface area contributed by atoms with Gasteiger partial charge in [0.2, 0.25) is 35.4 Å². The maximum absolute atomic E-state index is 14.1. The monoisotopic (exact) mass is 1260 g/mol. The summed E-state index contributed by atoms with van der Waals surface area (Å²) < 4.78 is 41.5. The zero-order chi connectivity index (χ0) is 64.3. The summed E-state index contributed by atoms with van der Waals surface area (Å²) in [5, 5.41) is 36.8. The van der Waals surface area contributed by atoms with Crippen LogP contribution in [0.1, 0.15) is 111 Å². The Balaban J connectivity index is 0.622. The molecule has 2 aliphatic heterocycles. The topological polar surface area (TPSA) is 269 Å². The summed E-state index contributed by atoms with van der Waals surface area (Å²) in [6.45, 7) is 12.4. The van der Waals surface area contributed by atoms with Gasteiger partial charge in [0.25, 0.3) is 5.91 Å². The Hall–Kier alpha value is -8.81. The van der Waals surface area contributed by atoms with Crippen molar-refractivity contribution in [1.29, 1.82) is 0 Å². The molecule has 2 fully saturated rings. The molecule has 0 unspecified atom stereocenters. The van der Waals surface area contributed by atoms with Gasteiger partial charge in [-0.3, -0.25) is 48.2 Å². The van der Waals surface area contributed by atoms with Gasteiger partial charge in [-0.05, 0) is 122 Å². The Morgan fingerprint density at radius 1 is 0.756 bits per heavy atom. The molecule has 90 heavy (non-hydrogen) atoms. The number of anilines is 3. The van der Waals surface area contributed by atoms with Crippen LogP contribution in [0.25, 0.3) is 32.5 Å². The molecule has 7 N–H and O–H groups in total. The third-order valence-electron chi connectivity index (χ3n) is 16.2. The summed E-state index contributed by atoms with van der Waals surface area (Å²) in [5.41, 5.74) is 6.12. The zero-order valence-electron chi connectivity index (χ0n) is 51.0. The number of carbonyl (C=O) groups excluding carboxylic acids is 7. The largest absolute Gasteiger partial charge is 0.416 e. The van der Waals surface area contributed by atoms with E-state index in [-0.39, 0.29) is 73.8 Å². The molecule has 476 valence electrons. The lowest BCUT2D eigenvalue weighted by atomic mass is 9.85. The first-order valence-electron chi connectivity index (χ1n) is 30.2. The molecule has 0 spiro atoms. The van der Waals surface area contributed by atoms with Crippen molar-refractivity contribution >= 4 is 80.8 Å². The highest BCUT2D eigenvalue weighted by Gasteiger charge is 2.44. The van der Waals surface area contributed by atoms with Crippen molar-refractivity contribution in [1.82, 2.24) is 50.3 Å². The molecule has 25 heteroatoms. The molecular weight excluding hydrogens is 1180 g/mol. The number of unbranched alkanes of at least 4 members (excludes halogenated alkanes) is 3. The number of H-pyrrole nitrogens is 1. The number of fused-ring (bicyclic) bond motifs is 1. The molecule has 4 aromatic carbocycles. The molecule has 3 atom stereocenters. The van der Waals surface area contributed by atoms with Crippen LogP contribution >= 0.6 is 11.3 Å². The predicted octanol–water partition coefficient (Wildman–Crippen LogP) is 9.09. The van der Waals surface area contributed by atoms with Crippen molar-refractivity contribution in [3.05, 3.63) is 131 Å². The number of β-amino-alcohol motifs (C(OH)–C–C–N with tert-alkyl or cyclic N) is 1. The highest BCUT2D eigenvalue weighted by molar-refractivity contribution is 7.13.